The van der Waals surface area contributed by atoms with Gasteiger partial charge in [0.05, 0.1) is 17.3 Å². The molecule has 2 rings (SSSR count). The molecule has 2 aromatic rings. The van der Waals surface area contributed by atoms with E-state index in [1.54, 1.807) is 4.68 Å². The van der Waals surface area contributed by atoms with Gasteiger partial charge >= 0.3 is 0 Å². The minimum atomic E-state index is -0.116. The van der Waals surface area contributed by atoms with E-state index in [1.807, 2.05) is 20.8 Å². The number of hydrogen-bond donors (Lipinski definition) is 2. The van der Waals surface area contributed by atoms with Crippen LogP contribution in [0.25, 0.3) is 0 Å². The van der Waals surface area contributed by atoms with Crippen LogP contribution in [0.5, 0.6) is 0 Å². The first-order valence-electron chi connectivity index (χ1n) is 8.20. The van der Waals surface area contributed by atoms with E-state index >= 15 is 0 Å². The predicted molar refractivity (Wildman–Crippen MR) is 96.7 cm³/mol. The molecule has 2 heterocycles. The van der Waals surface area contributed by atoms with E-state index in [1.165, 1.54) is 18.3 Å². The summed E-state index contributed by atoms with van der Waals surface area (Å²) in [7, 11) is 0. The Bertz CT molecular complexity index is 767. The summed E-state index contributed by atoms with van der Waals surface area (Å²) in [5, 5.41) is 16.4. The molecule has 1 amide bonds. The zero-order valence-corrected chi connectivity index (χ0v) is 15.8. The molecule has 1 atom stereocenters. The third-order valence-electron chi connectivity index (χ3n) is 3.95. The van der Waals surface area contributed by atoms with Crippen LogP contribution in [-0.4, -0.2) is 38.2 Å². The molecule has 3 N–H and O–H groups in total. The number of Topliss-reactive ketones (excluding diaryl/α,β-unsaturated/α-hetero) is 1. The number of aryl methyl sites for hydroxylation is 2. The molecular weight excluding hydrogens is 340 g/mol. The molecule has 8 nitrogen and oxygen atoms in total. The Morgan fingerprint density at radius 1 is 1.32 bits per heavy atom. The fourth-order valence-corrected chi connectivity index (χ4v) is 3.51. The number of hydrogen-bond acceptors (Lipinski definition) is 7. The number of amides is 1. The van der Waals surface area contributed by atoms with E-state index in [-0.39, 0.29) is 17.7 Å². The Morgan fingerprint density at radius 3 is 2.60 bits per heavy atom. The molecule has 2 aromatic heterocycles. The third-order valence-corrected chi connectivity index (χ3v) is 4.76. The molecular formula is C16H24N6O2S. The first kappa shape index (κ1) is 19.0. The van der Waals surface area contributed by atoms with Gasteiger partial charge in [0.1, 0.15) is 5.01 Å². The van der Waals surface area contributed by atoms with E-state index in [2.05, 4.69) is 20.6 Å². The van der Waals surface area contributed by atoms with Crippen LogP contribution in [0, 0.1) is 13.8 Å². The van der Waals surface area contributed by atoms with Gasteiger partial charge in [0.25, 0.3) is 0 Å². The minimum Gasteiger partial charge on any atom is -0.374 e. The van der Waals surface area contributed by atoms with E-state index < -0.39 is 0 Å². The first-order valence-corrected chi connectivity index (χ1v) is 9.02. The lowest BCUT2D eigenvalue weighted by atomic mass is 10.1. The molecule has 0 aromatic carbocycles. The number of nitrogen functional groups attached to an aromatic ring is 1. The Balaban J connectivity index is 1.82. The molecule has 0 bridgehead atoms. The lowest BCUT2D eigenvalue weighted by molar-refractivity contribution is -0.121. The number of rotatable bonds is 8. The number of aromatic nitrogens is 4. The van der Waals surface area contributed by atoms with Crippen LogP contribution in [0.4, 0.5) is 5.13 Å². The zero-order valence-electron chi connectivity index (χ0n) is 15.0. The van der Waals surface area contributed by atoms with Crippen LogP contribution >= 0.6 is 11.3 Å². The van der Waals surface area contributed by atoms with Crippen LogP contribution in [-0.2, 0) is 11.2 Å². The molecule has 0 aliphatic heterocycles. The fourth-order valence-electron chi connectivity index (χ4n) is 2.86. The maximum Gasteiger partial charge on any atom is 0.222 e. The predicted octanol–water partition coefficient (Wildman–Crippen LogP) is 1.84. The zero-order chi connectivity index (χ0) is 18.6. The van der Waals surface area contributed by atoms with Gasteiger partial charge in [-0.1, -0.05) is 11.3 Å². The molecule has 0 aliphatic carbocycles. The Morgan fingerprint density at radius 2 is 2.04 bits per heavy atom. The molecule has 0 saturated carbocycles. The summed E-state index contributed by atoms with van der Waals surface area (Å²) in [6.07, 6.45) is 1.83. The van der Waals surface area contributed by atoms with Crippen molar-refractivity contribution in [1.29, 1.82) is 0 Å². The largest absolute Gasteiger partial charge is 0.374 e. The summed E-state index contributed by atoms with van der Waals surface area (Å²) in [5.41, 5.74) is 7.68. The summed E-state index contributed by atoms with van der Waals surface area (Å²) >= 11 is 1.37. The second-order valence-electron chi connectivity index (χ2n) is 6.09. The standard InChI is InChI=1S/C16H24N6O2S/c1-9(22-11(3)15(12(4)23)10(2)21-22)8-13(24)18-7-5-6-14-19-20-16(17)25-14/h9H,5-8H2,1-4H3,(H2,17,20)(H,18,24)/t9-/m0/s1. The third kappa shape index (κ3) is 4.85. The maximum atomic E-state index is 12.1. The fraction of sp³-hybridized carbons (Fsp3) is 0.562. The second kappa shape index (κ2) is 8.19. The normalized spacial score (nSPS) is 12.2. The molecule has 136 valence electrons. The van der Waals surface area contributed by atoms with Crippen molar-refractivity contribution in [2.75, 3.05) is 12.3 Å². The van der Waals surface area contributed by atoms with Gasteiger partial charge < -0.3 is 11.1 Å². The average molecular weight is 364 g/mol. The molecule has 0 radical (unpaired) electrons. The van der Waals surface area contributed by atoms with Gasteiger partial charge in [0, 0.05) is 25.1 Å². The molecule has 0 fully saturated rings. The number of carbonyl (C=O) groups is 2. The smallest absolute Gasteiger partial charge is 0.222 e. The topological polar surface area (TPSA) is 116 Å². The van der Waals surface area contributed by atoms with Crippen molar-refractivity contribution in [1.82, 2.24) is 25.3 Å². The van der Waals surface area contributed by atoms with Gasteiger partial charge in [0.15, 0.2) is 5.78 Å². The minimum absolute atomic E-state index is 0.00443. The molecule has 0 saturated heterocycles. The van der Waals surface area contributed by atoms with Crippen molar-refractivity contribution in [3.05, 3.63) is 22.0 Å². The van der Waals surface area contributed by atoms with Gasteiger partial charge in [0.2, 0.25) is 11.0 Å². The van der Waals surface area contributed by atoms with Crippen molar-refractivity contribution in [2.45, 2.75) is 53.0 Å². The highest BCUT2D eigenvalue weighted by Gasteiger charge is 2.20. The van der Waals surface area contributed by atoms with Crippen molar-refractivity contribution in [3.8, 4) is 0 Å². The molecule has 0 spiro atoms. The van der Waals surface area contributed by atoms with Crippen LogP contribution in [0.2, 0.25) is 0 Å². The number of ketones is 1. The number of nitrogens with one attached hydrogen (secondary N) is 1. The van der Waals surface area contributed by atoms with Crippen LogP contribution in [0.3, 0.4) is 0 Å². The number of nitrogens with zero attached hydrogens (tertiary/aromatic N) is 4. The summed E-state index contributed by atoms with van der Waals surface area (Å²) in [4.78, 5) is 23.8. The van der Waals surface area contributed by atoms with Crippen LogP contribution in [0.1, 0.15) is 59.5 Å². The quantitative estimate of drug-likeness (QED) is 0.545. The van der Waals surface area contributed by atoms with Crippen molar-refractivity contribution < 1.29 is 9.59 Å². The van der Waals surface area contributed by atoms with Crippen molar-refractivity contribution in [3.63, 3.8) is 0 Å². The lowest BCUT2D eigenvalue weighted by Crippen LogP contribution is -2.27. The number of carbonyl (C=O) groups excluding carboxylic acids is 2. The highest BCUT2D eigenvalue weighted by atomic mass is 32.1. The second-order valence-corrected chi connectivity index (χ2v) is 7.18. The summed E-state index contributed by atoms with van der Waals surface area (Å²) in [6, 6.07) is -0.116. The van der Waals surface area contributed by atoms with Crippen molar-refractivity contribution >= 4 is 28.2 Å². The molecule has 0 unspecified atom stereocenters. The van der Waals surface area contributed by atoms with E-state index in [0.717, 1.165) is 23.5 Å². The highest BCUT2D eigenvalue weighted by Crippen LogP contribution is 2.20. The van der Waals surface area contributed by atoms with Crippen LogP contribution in [0.15, 0.2) is 0 Å². The van der Waals surface area contributed by atoms with Gasteiger partial charge in [-0.3, -0.25) is 14.3 Å². The lowest BCUT2D eigenvalue weighted by Gasteiger charge is -2.14. The van der Waals surface area contributed by atoms with Crippen LogP contribution < -0.4 is 11.1 Å². The monoisotopic (exact) mass is 364 g/mol. The van der Waals surface area contributed by atoms with Gasteiger partial charge in [-0.15, -0.1) is 10.2 Å². The van der Waals surface area contributed by atoms with E-state index in [0.29, 0.717) is 29.4 Å². The van der Waals surface area contributed by atoms with Gasteiger partial charge in [-0.25, -0.2) is 0 Å². The SMILES string of the molecule is CC(=O)c1c(C)nn([C@@H](C)CC(=O)NCCCc2nnc(N)s2)c1C. The summed E-state index contributed by atoms with van der Waals surface area (Å²) in [5.74, 6) is -0.0450. The van der Waals surface area contributed by atoms with Gasteiger partial charge in [-0.05, 0) is 34.1 Å². The summed E-state index contributed by atoms with van der Waals surface area (Å²) in [6.45, 7) is 7.70. The Hall–Kier alpha value is -2.29. The average Bonchev–Trinajstić information content (AvgIpc) is 3.06. The Labute approximate surface area is 150 Å². The van der Waals surface area contributed by atoms with Gasteiger partial charge in [-0.2, -0.15) is 5.10 Å². The molecule has 25 heavy (non-hydrogen) atoms. The van der Waals surface area contributed by atoms with E-state index in [9.17, 15) is 9.59 Å². The van der Waals surface area contributed by atoms with E-state index in [4.69, 9.17) is 5.73 Å². The highest BCUT2D eigenvalue weighted by molar-refractivity contribution is 7.15. The summed E-state index contributed by atoms with van der Waals surface area (Å²) < 4.78 is 1.76. The number of anilines is 1. The number of nitrogens with two attached hydrogens (primary N) is 1. The molecule has 0 aliphatic rings. The first-order chi connectivity index (χ1) is 11.8. The molecule has 9 heteroatoms. The maximum absolute atomic E-state index is 12.1. The Kier molecular flexibility index (Phi) is 6.24. The van der Waals surface area contributed by atoms with Crippen molar-refractivity contribution in [2.24, 2.45) is 0 Å².